The highest BCUT2D eigenvalue weighted by Gasteiger charge is 2.14. The lowest BCUT2D eigenvalue weighted by Crippen LogP contribution is -2.16. The van der Waals surface area contributed by atoms with E-state index in [1.54, 1.807) is 48.5 Å². The first-order valence-corrected chi connectivity index (χ1v) is 9.98. The molecule has 0 saturated heterocycles. The summed E-state index contributed by atoms with van der Waals surface area (Å²) in [6.45, 7) is 0.311. The van der Waals surface area contributed by atoms with E-state index >= 15 is 0 Å². The molecule has 0 bridgehead atoms. The third-order valence-corrected chi connectivity index (χ3v) is 4.82. The molecule has 1 amide bonds. The van der Waals surface area contributed by atoms with Gasteiger partial charge in [0, 0.05) is 5.39 Å². The number of hydrogen-bond donors (Lipinski definition) is 2. The second kappa shape index (κ2) is 9.69. The smallest absolute Gasteiger partial charge is 0.335 e. The van der Waals surface area contributed by atoms with Crippen molar-refractivity contribution in [2.24, 2.45) is 5.10 Å². The van der Waals surface area contributed by atoms with Gasteiger partial charge in [0.05, 0.1) is 18.9 Å². The summed E-state index contributed by atoms with van der Waals surface area (Å²) in [5, 5.41) is 13.7. The minimum absolute atomic E-state index is 0.131. The van der Waals surface area contributed by atoms with Crippen molar-refractivity contribution in [1.29, 1.82) is 0 Å². The molecular weight excluding hydrogens is 424 g/mol. The summed E-state index contributed by atoms with van der Waals surface area (Å²) in [5.41, 5.74) is 4.80. The summed E-state index contributed by atoms with van der Waals surface area (Å²) in [5.74, 6) is -0.108. The van der Waals surface area contributed by atoms with Gasteiger partial charge >= 0.3 is 11.9 Å². The van der Waals surface area contributed by atoms with E-state index in [9.17, 15) is 9.59 Å². The number of ether oxygens (including phenoxy) is 2. The normalized spacial score (nSPS) is 10.9. The van der Waals surface area contributed by atoms with Crippen LogP contribution in [0.15, 0.2) is 82.3 Å². The minimum Gasteiger partial charge on any atom is -0.493 e. The summed E-state index contributed by atoms with van der Waals surface area (Å²) in [6.07, 6.45) is 1.51. The number of carbonyl (C=O) groups excluding carboxylic acids is 1. The molecule has 0 spiro atoms. The maximum absolute atomic E-state index is 12.3. The molecule has 0 aliphatic heterocycles. The summed E-state index contributed by atoms with van der Waals surface area (Å²) in [6, 6.07) is 20.7. The maximum atomic E-state index is 12.3. The number of nitrogens with zero attached hydrogens (tertiary/aromatic N) is 1. The van der Waals surface area contributed by atoms with Crippen LogP contribution >= 0.6 is 0 Å². The Labute approximate surface area is 189 Å². The van der Waals surface area contributed by atoms with Gasteiger partial charge in [0.15, 0.2) is 17.1 Å². The SMILES string of the molecule is COc1cccc2cc(C(=O)N/N=C/c3ccc(OCc4ccc(C(=O)O)cc4)cc3)oc12. The van der Waals surface area contributed by atoms with E-state index in [0.717, 1.165) is 16.5 Å². The number of para-hydroxylation sites is 1. The molecule has 3 aromatic carbocycles. The molecule has 0 saturated carbocycles. The first-order chi connectivity index (χ1) is 16.0. The van der Waals surface area contributed by atoms with Crippen LogP contribution in [0, 0.1) is 0 Å². The zero-order chi connectivity index (χ0) is 23.2. The molecule has 0 unspecified atom stereocenters. The number of furan rings is 1. The fourth-order valence-electron chi connectivity index (χ4n) is 3.09. The summed E-state index contributed by atoms with van der Waals surface area (Å²) < 4.78 is 16.5. The second-order valence-electron chi connectivity index (χ2n) is 7.05. The first kappa shape index (κ1) is 21.6. The molecule has 0 aliphatic carbocycles. The number of fused-ring (bicyclic) bond motifs is 1. The zero-order valence-corrected chi connectivity index (χ0v) is 17.6. The van der Waals surface area contributed by atoms with Crippen molar-refractivity contribution in [2.45, 2.75) is 6.61 Å². The number of aromatic carboxylic acids is 1. The van der Waals surface area contributed by atoms with Crippen LogP contribution in [-0.2, 0) is 6.61 Å². The Morgan fingerprint density at radius 3 is 2.52 bits per heavy atom. The lowest BCUT2D eigenvalue weighted by atomic mass is 10.1. The van der Waals surface area contributed by atoms with Crippen LogP contribution in [0.2, 0.25) is 0 Å². The van der Waals surface area contributed by atoms with Gasteiger partial charge in [-0.25, -0.2) is 10.2 Å². The van der Waals surface area contributed by atoms with Crippen LogP contribution in [0.25, 0.3) is 11.0 Å². The monoisotopic (exact) mass is 444 g/mol. The van der Waals surface area contributed by atoms with Crippen LogP contribution in [0.3, 0.4) is 0 Å². The van der Waals surface area contributed by atoms with E-state index in [1.807, 2.05) is 12.1 Å². The van der Waals surface area contributed by atoms with Crippen LogP contribution in [0.1, 0.15) is 32.0 Å². The summed E-state index contributed by atoms with van der Waals surface area (Å²) in [7, 11) is 1.54. The third-order valence-electron chi connectivity index (χ3n) is 4.82. The highest BCUT2D eigenvalue weighted by atomic mass is 16.5. The zero-order valence-electron chi connectivity index (χ0n) is 17.6. The summed E-state index contributed by atoms with van der Waals surface area (Å²) >= 11 is 0. The average Bonchev–Trinajstić information content (AvgIpc) is 3.28. The van der Waals surface area contributed by atoms with Gasteiger partial charge in [0.25, 0.3) is 0 Å². The molecule has 8 nitrogen and oxygen atoms in total. The predicted molar refractivity (Wildman–Crippen MR) is 122 cm³/mol. The minimum atomic E-state index is -0.964. The van der Waals surface area contributed by atoms with Gasteiger partial charge in [-0.2, -0.15) is 5.10 Å². The molecule has 8 heteroatoms. The molecule has 4 aromatic rings. The molecule has 0 aliphatic rings. The van der Waals surface area contributed by atoms with Crippen LogP contribution in [0.5, 0.6) is 11.5 Å². The molecule has 0 radical (unpaired) electrons. The van der Waals surface area contributed by atoms with Gasteiger partial charge in [-0.1, -0.05) is 24.3 Å². The molecule has 4 rings (SSSR count). The van der Waals surface area contributed by atoms with Crippen LogP contribution < -0.4 is 14.9 Å². The summed E-state index contributed by atoms with van der Waals surface area (Å²) in [4.78, 5) is 23.2. The standard InChI is InChI=1S/C25H20N2O6/c1-31-21-4-2-3-19-13-22(33-23(19)21)24(28)27-26-14-16-7-11-20(12-8-16)32-15-17-5-9-18(10-6-17)25(29)30/h2-14H,15H2,1H3,(H,27,28)(H,29,30)/b26-14+. The van der Waals surface area contributed by atoms with E-state index in [4.69, 9.17) is 19.0 Å². The number of amides is 1. The van der Waals surface area contributed by atoms with Crippen LogP contribution in [-0.4, -0.2) is 30.3 Å². The largest absolute Gasteiger partial charge is 0.493 e. The average molecular weight is 444 g/mol. The molecule has 33 heavy (non-hydrogen) atoms. The number of nitrogens with one attached hydrogen (secondary N) is 1. The molecular formula is C25H20N2O6. The Morgan fingerprint density at radius 2 is 1.82 bits per heavy atom. The van der Waals surface area contributed by atoms with Crippen molar-refractivity contribution < 1.29 is 28.6 Å². The molecule has 166 valence electrons. The number of benzene rings is 3. The highest BCUT2D eigenvalue weighted by Crippen LogP contribution is 2.28. The Kier molecular flexibility index (Phi) is 6.36. The first-order valence-electron chi connectivity index (χ1n) is 9.98. The van der Waals surface area contributed by atoms with Gasteiger partial charge in [-0.05, 0) is 59.7 Å². The number of carboxylic acid groups (broad SMARTS) is 1. The number of hydrogen-bond acceptors (Lipinski definition) is 6. The van der Waals surface area contributed by atoms with Crippen molar-refractivity contribution in [3.8, 4) is 11.5 Å². The Balaban J connectivity index is 1.31. The van der Waals surface area contributed by atoms with Crippen molar-refractivity contribution >= 4 is 29.1 Å². The van der Waals surface area contributed by atoms with Gasteiger partial charge in [-0.15, -0.1) is 0 Å². The van der Waals surface area contributed by atoms with Crippen LogP contribution in [0.4, 0.5) is 0 Å². The molecule has 2 N–H and O–H groups in total. The molecule has 1 aromatic heterocycles. The number of methoxy groups -OCH3 is 1. The predicted octanol–water partition coefficient (Wildman–Crippen LogP) is 4.48. The van der Waals surface area contributed by atoms with Gasteiger partial charge in [0.2, 0.25) is 0 Å². The Bertz CT molecular complexity index is 1310. The van der Waals surface area contributed by atoms with Gasteiger partial charge < -0.3 is 19.0 Å². The van der Waals surface area contributed by atoms with E-state index in [0.29, 0.717) is 23.7 Å². The fourth-order valence-corrected chi connectivity index (χ4v) is 3.09. The maximum Gasteiger partial charge on any atom is 0.335 e. The van der Waals surface area contributed by atoms with Crippen molar-refractivity contribution in [2.75, 3.05) is 7.11 Å². The van der Waals surface area contributed by atoms with Crippen molar-refractivity contribution in [3.63, 3.8) is 0 Å². The number of rotatable bonds is 8. The molecule has 0 fully saturated rings. The van der Waals surface area contributed by atoms with E-state index in [-0.39, 0.29) is 11.3 Å². The van der Waals surface area contributed by atoms with E-state index in [1.165, 1.54) is 25.5 Å². The van der Waals surface area contributed by atoms with Crippen molar-refractivity contribution in [3.05, 3.63) is 95.2 Å². The molecule has 0 atom stereocenters. The quantitative estimate of drug-likeness (QED) is 0.306. The number of carboxylic acids is 1. The number of carbonyl (C=O) groups is 2. The lowest BCUT2D eigenvalue weighted by molar-refractivity contribution is 0.0696. The highest BCUT2D eigenvalue weighted by molar-refractivity contribution is 5.97. The van der Waals surface area contributed by atoms with E-state index in [2.05, 4.69) is 10.5 Å². The fraction of sp³-hybridized carbons (Fsp3) is 0.0800. The Hall–Kier alpha value is -4.59. The lowest BCUT2D eigenvalue weighted by Gasteiger charge is -2.07. The van der Waals surface area contributed by atoms with Crippen molar-refractivity contribution in [1.82, 2.24) is 5.43 Å². The van der Waals surface area contributed by atoms with Gasteiger partial charge in [-0.3, -0.25) is 4.79 Å². The number of hydrazone groups is 1. The topological polar surface area (TPSA) is 110 Å². The van der Waals surface area contributed by atoms with E-state index < -0.39 is 11.9 Å². The Morgan fingerprint density at radius 1 is 1.06 bits per heavy atom. The van der Waals surface area contributed by atoms with Gasteiger partial charge in [0.1, 0.15) is 12.4 Å². The molecule has 1 heterocycles. The third kappa shape index (κ3) is 5.19. The second-order valence-corrected chi connectivity index (χ2v) is 7.05.